The van der Waals surface area contributed by atoms with Gasteiger partial charge < -0.3 is 16.2 Å². The molecular formula is C12H17BrN2O2. The van der Waals surface area contributed by atoms with Gasteiger partial charge in [-0.3, -0.25) is 4.79 Å². The Morgan fingerprint density at radius 3 is 2.76 bits per heavy atom. The van der Waals surface area contributed by atoms with Crippen molar-refractivity contribution in [2.24, 2.45) is 0 Å². The Kier molecular flexibility index (Phi) is 4.54. The first-order valence-corrected chi connectivity index (χ1v) is 6.13. The number of hydrogen-bond donors (Lipinski definition) is 3. The molecule has 94 valence electrons. The van der Waals surface area contributed by atoms with Gasteiger partial charge >= 0.3 is 0 Å². The van der Waals surface area contributed by atoms with Crippen molar-refractivity contribution in [2.75, 3.05) is 12.3 Å². The quantitative estimate of drug-likeness (QED) is 0.744. The van der Waals surface area contributed by atoms with E-state index in [0.29, 0.717) is 22.1 Å². The van der Waals surface area contributed by atoms with Crippen LogP contribution in [0.4, 0.5) is 5.69 Å². The third-order valence-electron chi connectivity index (χ3n) is 2.42. The summed E-state index contributed by atoms with van der Waals surface area (Å²) in [6.45, 7) is 3.76. The lowest BCUT2D eigenvalue weighted by Gasteiger charge is -2.25. The van der Waals surface area contributed by atoms with Crippen LogP contribution in [0.3, 0.4) is 0 Å². The number of amides is 1. The van der Waals surface area contributed by atoms with Gasteiger partial charge in [0.15, 0.2) is 0 Å². The van der Waals surface area contributed by atoms with E-state index in [9.17, 15) is 4.79 Å². The molecule has 0 aliphatic carbocycles. The molecule has 0 aliphatic heterocycles. The van der Waals surface area contributed by atoms with Crippen molar-refractivity contribution < 1.29 is 9.90 Å². The molecule has 0 aromatic heterocycles. The summed E-state index contributed by atoms with van der Waals surface area (Å²) in [5.41, 5.74) is 6.23. The van der Waals surface area contributed by atoms with Gasteiger partial charge in [0.1, 0.15) is 0 Å². The molecule has 0 heterocycles. The molecule has 0 saturated carbocycles. The highest BCUT2D eigenvalue weighted by molar-refractivity contribution is 9.10. The molecule has 0 bridgehead atoms. The first-order chi connectivity index (χ1) is 7.85. The summed E-state index contributed by atoms with van der Waals surface area (Å²) < 4.78 is 0.698. The van der Waals surface area contributed by atoms with Crippen LogP contribution < -0.4 is 11.1 Å². The highest BCUT2D eigenvalue weighted by Gasteiger charge is 2.21. The minimum atomic E-state index is -0.449. The van der Waals surface area contributed by atoms with Crippen molar-refractivity contribution in [1.29, 1.82) is 0 Å². The highest BCUT2D eigenvalue weighted by Crippen LogP contribution is 2.20. The molecule has 1 aromatic rings. The number of hydrogen-bond acceptors (Lipinski definition) is 3. The fourth-order valence-electron chi connectivity index (χ4n) is 1.43. The molecular weight excluding hydrogens is 284 g/mol. The molecule has 1 amide bonds. The van der Waals surface area contributed by atoms with Gasteiger partial charge in [-0.25, -0.2) is 0 Å². The molecule has 0 spiro atoms. The van der Waals surface area contributed by atoms with E-state index < -0.39 is 5.54 Å². The minimum Gasteiger partial charge on any atom is -0.399 e. The van der Waals surface area contributed by atoms with Gasteiger partial charge in [0, 0.05) is 22.3 Å². The van der Waals surface area contributed by atoms with E-state index in [0.717, 1.165) is 0 Å². The molecule has 17 heavy (non-hydrogen) atoms. The van der Waals surface area contributed by atoms with E-state index >= 15 is 0 Å². The molecule has 0 radical (unpaired) electrons. The highest BCUT2D eigenvalue weighted by atomic mass is 79.9. The van der Waals surface area contributed by atoms with Crippen molar-refractivity contribution in [2.45, 2.75) is 25.8 Å². The first-order valence-electron chi connectivity index (χ1n) is 5.34. The number of nitrogens with two attached hydrogens (primary N) is 1. The van der Waals surface area contributed by atoms with E-state index in [1.807, 2.05) is 13.8 Å². The number of halogens is 1. The van der Waals surface area contributed by atoms with Crippen molar-refractivity contribution in [1.82, 2.24) is 5.32 Å². The lowest BCUT2D eigenvalue weighted by molar-refractivity contribution is 0.0899. The van der Waals surface area contributed by atoms with Crippen LogP contribution in [0.2, 0.25) is 0 Å². The normalized spacial score (nSPS) is 11.3. The van der Waals surface area contributed by atoms with Crippen LogP contribution in [0.15, 0.2) is 22.7 Å². The summed E-state index contributed by atoms with van der Waals surface area (Å²) in [6, 6.07) is 5.08. The fraction of sp³-hybridized carbons (Fsp3) is 0.417. The van der Waals surface area contributed by atoms with E-state index in [1.54, 1.807) is 18.2 Å². The zero-order valence-electron chi connectivity index (χ0n) is 9.96. The average Bonchev–Trinajstić information content (AvgIpc) is 2.20. The van der Waals surface area contributed by atoms with Gasteiger partial charge in [0.05, 0.1) is 5.56 Å². The number of aliphatic hydroxyl groups is 1. The lowest BCUT2D eigenvalue weighted by Crippen LogP contribution is -2.44. The van der Waals surface area contributed by atoms with E-state index in [2.05, 4.69) is 21.2 Å². The molecule has 0 unspecified atom stereocenters. The Bertz CT molecular complexity index is 419. The largest absolute Gasteiger partial charge is 0.399 e. The number of anilines is 1. The second kappa shape index (κ2) is 5.51. The number of nitrogen functional groups attached to an aromatic ring is 1. The smallest absolute Gasteiger partial charge is 0.252 e. The van der Waals surface area contributed by atoms with E-state index in [4.69, 9.17) is 10.8 Å². The predicted molar refractivity (Wildman–Crippen MR) is 71.8 cm³/mol. The SMILES string of the molecule is CC(C)(CCO)NC(=O)c1cc(N)ccc1Br. The standard InChI is InChI=1S/C12H17BrN2O2/c1-12(2,5-6-16)15-11(17)9-7-8(14)3-4-10(9)13/h3-4,7,16H,5-6,14H2,1-2H3,(H,15,17). The van der Waals surface area contributed by atoms with Crippen molar-refractivity contribution >= 4 is 27.5 Å². The van der Waals surface area contributed by atoms with Gasteiger partial charge in [-0.2, -0.15) is 0 Å². The van der Waals surface area contributed by atoms with Crippen LogP contribution in [-0.2, 0) is 0 Å². The maximum atomic E-state index is 12.0. The molecule has 1 rings (SSSR count). The summed E-state index contributed by atoms with van der Waals surface area (Å²) in [6.07, 6.45) is 0.499. The van der Waals surface area contributed by atoms with Gasteiger partial charge in [-0.05, 0) is 54.4 Å². The number of carbonyl (C=O) groups is 1. The van der Waals surface area contributed by atoms with E-state index in [1.165, 1.54) is 0 Å². The summed E-state index contributed by atoms with van der Waals surface area (Å²) in [7, 11) is 0. The molecule has 0 atom stereocenters. The Balaban J connectivity index is 2.86. The second-order valence-corrected chi connectivity index (χ2v) is 5.41. The Labute approximate surface area is 109 Å². The van der Waals surface area contributed by atoms with E-state index in [-0.39, 0.29) is 12.5 Å². The molecule has 4 nitrogen and oxygen atoms in total. The lowest BCUT2D eigenvalue weighted by atomic mass is 10.0. The summed E-state index contributed by atoms with van der Waals surface area (Å²) >= 11 is 3.31. The zero-order chi connectivity index (χ0) is 13.1. The number of benzene rings is 1. The first kappa shape index (κ1) is 14.0. The Hall–Kier alpha value is -1.07. The van der Waals surface area contributed by atoms with Gasteiger partial charge in [-0.1, -0.05) is 0 Å². The molecule has 0 saturated heterocycles. The zero-order valence-corrected chi connectivity index (χ0v) is 11.5. The molecule has 1 aromatic carbocycles. The third kappa shape index (κ3) is 4.02. The molecule has 0 fully saturated rings. The monoisotopic (exact) mass is 300 g/mol. The maximum Gasteiger partial charge on any atom is 0.252 e. The summed E-state index contributed by atoms with van der Waals surface area (Å²) in [4.78, 5) is 12.0. The van der Waals surface area contributed by atoms with Crippen molar-refractivity contribution in [3.05, 3.63) is 28.2 Å². The number of rotatable bonds is 4. The van der Waals surface area contributed by atoms with Crippen LogP contribution in [0.25, 0.3) is 0 Å². The predicted octanol–water partition coefficient (Wildman–Crippen LogP) is 1.92. The van der Waals surface area contributed by atoms with Crippen molar-refractivity contribution in [3.8, 4) is 0 Å². The molecule has 4 N–H and O–H groups in total. The number of nitrogens with one attached hydrogen (secondary N) is 1. The number of aliphatic hydroxyl groups excluding tert-OH is 1. The molecule has 0 aliphatic rings. The fourth-order valence-corrected chi connectivity index (χ4v) is 1.86. The van der Waals surface area contributed by atoms with Crippen LogP contribution in [-0.4, -0.2) is 23.2 Å². The third-order valence-corrected chi connectivity index (χ3v) is 3.12. The Morgan fingerprint density at radius 1 is 1.53 bits per heavy atom. The molecule has 5 heteroatoms. The maximum absolute atomic E-state index is 12.0. The van der Waals surface area contributed by atoms with Crippen LogP contribution in [0.5, 0.6) is 0 Å². The van der Waals surface area contributed by atoms with Crippen LogP contribution >= 0.6 is 15.9 Å². The van der Waals surface area contributed by atoms with Crippen LogP contribution in [0.1, 0.15) is 30.6 Å². The topological polar surface area (TPSA) is 75.3 Å². The van der Waals surface area contributed by atoms with Gasteiger partial charge in [0.2, 0.25) is 0 Å². The van der Waals surface area contributed by atoms with Gasteiger partial charge in [-0.15, -0.1) is 0 Å². The number of carbonyl (C=O) groups excluding carboxylic acids is 1. The van der Waals surface area contributed by atoms with Gasteiger partial charge in [0.25, 0.3) is 5.91 Å². The minimum absolute atomic E-state index is 0.0331. The summed E-state index contributed by atoms with van der Waals surface area (Å²) in [5, 5.41) is 11.8. The van der Waals surface area contributed by atoms with Crippen molar-refractivity contribution in [3.63, 3.8) is 0 Å². The second-order valence-electron chi connectivity index (χ2n) is 4.55. The summed E-state index contributed by atoms with van der Waals surface area (Å²) in [5.74, 6) is -0.206. The Morgan fingerprint density at radius 2 is 2.18 bits per heavy atom. The van der Waals surface area contributed by atoms with Crippen LogP contribution in [0, 0.1) is 0 Å². The average molecular weight is 301 g/mol.